The van der Waals surface area contributed by atoms with E-state index in [0.29, 0.717) is 5.92 Å². The van der Waals surface area contributed by atoms with Crippen molar-refractivity contribution >= 4 is 17.6 Å². The SMILES string of the molecule is C=C(C)C1CCC(C)(Cl)C(OC(C)=O)C1. The average Bonchev–Trinajstić information content (AvgIpc) is 2.07. The van der Waals surface area contributed by atoms with E-state index in [2.05, 4.69) is 6.58 Å². The highest BCUT2D eigenvalue weighted by Gasteiger charge is 2.40. The summed E-state index contributed by atoms with van der Waals surface area (Å²) in [6, 6.07) is 0. The zero-order chi connectivity index (χ0) is 11.6. The zero-order valence-electron chi connectivity index (χ0n) is 9.68. The minimum absolute atomic E-state index is 0.188. The summed E-state index contributed by atoms with van der Waals surface area (Å²) < 4.78 is 5.27. The monoisotopic (exact) mass is 230 g/mol. The molecule has 1 fully saturated rings. The Balaban J connectivity index is 2.70. The van der Waals surface area contributed by atoms with Gasteiger partial charge in [-0.1, -0.05) is 12.2 Å². The molecule has 3 unspecified atom stereocenters. The van der Waals surface area contributed by atoms with Crippen molar-refractivity contribution in [1.29, 1.82) is 0 Å². The van der Waals surface area contributed by atoms with Gasteiger partial charge in [0.05, 0.1) is 4.87 Å². The van der Waals surface area contributed by atoms with Crippen molar-refractivity contribution in [3.05, 3.63) is 12.2 Å². The van der Waals surface area contributed by atoms with Crippen molar-refractivity contribution in [2.45, 2.75) is 51.0 Å². The number of ether oxygens (including phenoxy) is 1. The number of halogens is 1. The van der Waals surface area contributed by atoms with E-state index < -0.39 is 4.87 Å². The van der Waals surface area contributed by atoms with Crippen molar-refractivity contribution < 1.29 is 9.53 Å². The molecule has 0 N–H and O–H groups in total. The lowest BCUT2D eigenvalue weighted by Crippen LogP contribution is -2.43. The first-order valence-electron chi connectivity index (χ1n) is 5.34. The predicted molar refractivity (Wildman–Crippen MR) is 62.0 cm³/mol. The number of rotatable bonds is 2. The van der Waals surface area contributed by atoms with Crippen molar-refractivity contribution in [3.8, 4) is 0 Å². The molecule has 1 saturated carbocycles. The fourth-order valence-electron chi connectivity index (χ4n) is 2.06. The van der Waals surface area contributed by atoms with E-state index in [-0.39, 0.29) is 12.1 Å². The van der Waals surface area contributed by atoms with Gasteiger partial charge in [0, 0.05) is 6.92 Å². The second-order valence-electron chi connectivity index (χ2n) is 4.69. The number of carbonyl (C=O) groups is 1. The molecule has 86 valence electrons. The smallest absolute Gasteiger partial charge is 0.302 e. The molecule has 15 heavy (non-hydrogen) atoms. The molecule has 3 atom stereocenters. The molecule has 2 nitrogen and oxygen atoms in total. The van der Waals surface area contributed by atoms with Gasteiger partial charge in [-0.05, 0) is 39.0 Å². The van der Waals surface area contributed by atoms with Crippen LogP contribution in [0, 0.1) is 5.92 Å². The van der Waals surface area contributed by atoms with Crippen LogP contribution in [0.2, 0.25) is 0 Å². The zero-order valence-corrected chi connectivity index (χ0v) is 10.4. The third kappa shape index (κ3) is 3.23. The van der Waals surface area contributed by atoms with E-state index in [1.165, 1.54) is 6.92 Å². The molecule has 0 saturated heterocycles. The third-order valence-electron chi connectivity index (χ3n) is 3.16. The largest absolute Gasteiger partial charge is 0.461 e. The third-order valence-corrected chi connectivity index (χ3v) is 3.59. The maximum atomic E-state index is 11.0. The van der Waals surface area contributed by atoms with Gasteiger partial charge < -0.3 is 4.74 Å². The number of hydrogen-bond donors (Lipinski definition) is 0. The van der Waals surface area contributed by atoms with Gasteiger partial charge in [0.2, 0.25) is 0 Å². The molecule has 0 spiro atoms. The topological polar surface area (TPSA) is 26.3 Å². The average molecular weight is 231 g/mol. The Labute approximate surface area is 96.6 Å². The van der Waals surface area contributed by atoms with Gasteiger partial charge in [0.1, 0.15) is 6.10 Å². The Kier molecular flexibility index (Phi) is 3.82. The first-order chi connectivity index (χ1) is 6.83. The van der Waals surface area contributed by atoms with Crippen LogP contribution in [-0.2, 0) is 9.53 Å². The van der Waals surface area contributed by atoms with Crippen LogP contribution in [0.3, 0.4) is 0 Å². The second-order valence-corrected chi connectivity index (χ2v) is 5.56. The lowest BCUT2D eigenvalue weighted by Gasteiger charge is -2.39. The minimum atomic E-state index is -0.419. The van der Waals surface area contributed by atoms with Gasteiger partial charge in [-0.15, -0.1) is 11.6 Å². The van der Waals surface area contributed by atoms with E-state index in [0.717, 1.165) is 24.8 Å². The summed E-state index contributed by atoms with van der Waals surface area (Å²) in [6.45, 7) is 9.35. The lowest BCUT2D eigenvalue weighted by molar-refractivity contribution is -0.150. The predicted octanol–water partition coefficient (Wildman–Crippen LogP) is 3.29. The van der Waals surface area contributed by atoms with Crippen LogP contribution < -0.4 is 0 Å². The first-order valence-corrected chi connectivity index (χ1v) is 5.72. The van der Waals surface area contributed by atoms with Crippen molar-refractivity contribution in [2.75, 3.05) is 0 Å². The molecule has 1 rings (SSSR count). The van der Waals surface area contributed by atoms with Gasteiger partial charge in [0.15, 0.2) is 0 Å². The summed E-state index contributed by atoms with van der Waals surface area (Å²) in [5.41, 5.74) is 1.15. The Morgan fingerprint density at radius 1 is 1.53 bits per heavy atom. The summed E-state index contributed by atoms with van der Waals surface area (Å²) in [4.78, 5) is 10.6. The van der Waals surface area contributed by atoms with Gasteiger partial charge in [-0.2, -0.15) is 0 Å². The molecule has 0 heterocycles. The molecule has 0 aromatic heterocycles. The standard InChI is InChI=1S/C12H19ClO2/c1-8(2)10-5-6-12(4,13)11(7-10)15-9(3)14/h10-11H,1,5-7H2,2-4H3. The second kappa shape index (κ2) is 4.56. The number of hydrogen-bond acceptors (Lipinski definition) is 2. The van der Waals surface area contributed by atoms with Gasteiger partial charge in [-0.3, -0.25) is 4.79 Å². The summed E-state index contributed by atoms with van der Waals surface area (Å²) in [5, 5.41) is 0. The molecular formula is C12H19ClO2. The highest BCUT2D eigenvalue weighted by atomic mass is 35.5. The lowest BCUT2D eigenvalue weighted by atomic mass is 9.77. The normalized spacial score (nSPS) is 36.0. The Bertz CT molecular complexity index is 271. The van der Waals surface area contributed by atoms with Crippen LogP contribution in [0.4, 0.5) is 0 Å². The molecule has 0 aliphatic heterocycles. The van der Waals surface area contributed by atoms with E-state index in [4.69, 9.17) is 16.3 Å². The molecule has 0 bridgehead atoms. The van der Waals surface area contributed by atoms with Crippen LogP contribution in [0.1, 0.15) is 40.0 Å². The molecule has 0 amide bonds. The highest BCUT2D eigenvalue weighted by molar-refractivity contribution is 6.24. The van der Waals surface area contributed by atoms with Crippen LogP contribution in [0.5, 0.6) is 0 Å². The maximum Gasteiger partial charge on any atom is 0.302 e. The Morgan fingerprint density at radius 2 is 2.13 bits per heavy atom. The van der Waals surface area contributed by atoms with Gasteiger partial charge >= 0.3 is 5.97 Å². The van der Waals surface area contributed by atoms with Crippen molar-refractivity contribution in [3.63, 3.8) is 0 Å². The van der Waals surface area contributed by atoms with E-state index in [1.54, 1.807) is 0 Å². The van der Waals surface area contributed by atoms with Crippen LogP contribution in [0.15, 0.2) is 12.2 Å². The molecule has 1 aliphatic carbocycles. The number of alkyl halides is 1. The van der Waals surface area contributed by atoms with Crippen molar-refractivity contribution in [2.24, 2.45) is 5.92 Å². The minimum Gasteiger partial charge on any atom is -0.461 e. The summed E-state index contributed by atoms with van der Waals surface area (Å²) in [6.07, 6.45) is 2.51. The Hall–Kier alpha value is -0.500. The Morgan fingerprint density at radius 3 is 2.60 bits per heavy atom. The van der Waals surface area contributed by atoms with Crippen molar-refractivity contribution in [1.82, 2.24) is 0 Å². The number of esters is 1. The molecule has 0 radical (unpaired) electrons. The maximum absolute atomic E-state index is 11.0. The molecule has 0 aromatic carbocycles. The van der Waals surface area contributed by atoms with Gasteiger partial charge in [-0.25, -0.2) is 0 Å². The van der Waals surface area contributed by atoms with Gasteiger partial charge in [0.25, 0.3) is 0 Å². The summed E-state index contributed by atoms with van der Waals surface area (Å²) in [7, 11) is 0. The molecular weight excluding hydrogens is 212 g/mol. The molecule has 3 heteroatoms. The van der Waals surface area contributed by atoms with E-state index in [9.17, 15) is 4.79 Å². The quantitative estimate of drug-likeness (QED) is 0.413. The number of allylic oxidation sites excluding steroid dienone is 1. The summed E-state index contributed by atoms with van der Waals surface area (Å²) in [5.74, 6) is 0.176. The fourth-order valence-corrected chi connectivity index (χ4v) is 2.30. The first kappa shape index (κ1) is 12.6. The van der Waals surface area contributed by atoms with Crippen LogP contribution >= 0.6 is 11.6 Å². The molecule has 0 aromatic rings. The number of carbonyl (C=O) groups excluding carboxylic acids is 1. The molecule has 1 aliphatic rings. The fraction of sp³-hybridized carbons (Fsp3) is 0.750. The summed E-state index contributed by atoms with van der Waals surface area (Å²) >= 11 is 6.35. The van der Waals surface area contributed by atoms with Crippen LogP contribution in [-0.4, -0.2) is 16.9 Å². The highest BCUT2D eigenvalue weighted by Crippen LogP contribution is 2.40. The van der Waals surface area contributed by atoms with E-state index >= 15 is 0 Å². The van der Waals surface area contributed by atoms with Crippen LogP contribution in [0.25, 0.3) is 0 Å². The van der Waals surface area contributed by atoms with E-state index in [1.807, 2.05) is 13.8 Å².